The maximum atomic E-state index is 5.09. The minimum atomic E-state index is 0.641. The molecule has 7 aromatic carbocycles. The van der Waals surface area contributed by atoms with Crippen LogP contribution in [0.5, 0.6) is 0 Å². The zero-order chi connectivity index (χ0) is 31.6. The average molecular weight is 667 g/mol. The second kappa shape index (κ2) is 12.6. The van der Waals surface area contributed by atoms with Crippen LogP contribution in [0.2, 0.25) is 0 Å². The molecule has 4 heteroatoms. The zero-order valence-electron chi connectivity index (χ0n) is 25.5. The van der Waals surface area contributed by atoms with Crippen molar-refractivity contribution in [2.24, 2.45) is 0 Å². The van der Waals surface area contributed by atoms with Crippen LogP contribution >= 0.6 is 0 Å². The predicted octanol–water partition coefficient (Wildman–Crippen LogP) is 9.55. The number of hydrogen-bond acceptors (Lipinski definition) is 3. The number of benzene rings is 7. The van der Waals surface area contributed by atoms with Crippen LogP contribution in [-0.4, -0.2) is 31.0 Å². The number of hydrogen-bond donors (Lipinski definition) is 0. The number of rotatable bonds is 6. The van der Waals surface area contributed by atoms with Gasteiger partial charge in [0.15, 0.2) is 0 Å². The fourth-order valence-electron chi connectivity index (χ4n) is 6.00. The van der Waals surface area contributed by atoms with Crippen molar-refractivity contribution >= 4 is 31.2 Å². The van der Waals surface area contributed by atoms with Crippen molar-refractivity contribution < 1.29 is 0 Å². The molecule has 0 spiro atoms. The van der Waals surface area contributed by atoms with Gasteiger partial charge in [0.25, 0.3) is 0 Å². The zero-order valence-corrected chi connectivity index (χ0v) is 27.3. The van der Waals surface area contributed by atoms with Gasteiger partial charge in [0, 0.05) is 0 Å². The third-order valence-corrected chi connectivity index (χ3v) is 9.44. The Morgan fingerprint density at radius 3 is 1.55 bits per heavy atom. The van der Waals surface area contributed by atoms with Gasteiger partial charge in [-0.3, -0.25) is 0 Å². The van der Waals surface area contributed by atoms with Crippen LogP contribution in [0.1, 0.15) is 0 Å². The van der Waals surface area contributed by atoms with E-state index in [4.69, 9.17) is 15.0 Å². The van der Waals surface area contributed by atoms with Crippen LogP contribution in [0.3, 0.4) is 0 Å². The monoisotopic (exact) mass is 667 g/mol. The van der Waals surface area contributed by atoms with E-state index in [9.17, 15) is 0 Å². The molecule has 0 fully saturated rings. The Bertz CT molecular complexity index is 2370. The molecule has 0 unspecified atom stereocenters. The molecule has 0 bridgehead atoms. The van der Waals surface area contributed by atoms with Crippen LogP contribution in [0.15, 0.2) is 170 Å². The Hall–Kier alpha value is -5.67. The second-order valence-corrected chi connectivity index (χ2v) is 12.4. The summed E-state index contributed by atoms with van der Waals surface area (Å²) in [5.74, 6) is 1.93. The van der Waals surface area contributed by atoms with Crippen molar-refractivity contribution in [2.45, 2.75) is 0 Å². The van der Waals surface area contributed by atoms with Crippen molar-refractivity contribution in [3.05, 3.63) is 170 Å². The maximum absolute atomic E-state index is 5.09. The van der Waals surface area contributed by atoms with E-state index >= 15 is 0 Å². The van der Waals surface area contributed by atoms with E-state index in [0.29, 0.717) is 17.5 Å². The molecule has 0 aliphatic carbocycles. The first kappa shape index (κ1) is 28.8. The Balaban J connectivity index is 1.23. The average Bonchev–Trinajstić information content (AvgIpc) is 3.15. The molecule has 0 N–H and O–H groups in total. The van der Waals surface area contributed by atoms with Crippen molar-refractivity contribution in [1.29, 1.82) is 0 Å². The molecule has 8 rings (SSSR count). The molecule has 0 saturated heterocycles. The summed E-state index contributed by atoms with van der Waals surface area (Å²) in [5.41, 5.74) is 9.76. The Morgan fingerprint density at radius 1 is 0.298 bits per heavy atom. The van der Waals surface area contributed by atoms with Gasteiger partial charge < -0.3 is 0 Å². The van der Waals surface area contributed by atoms with Crippen LogP contribution in [-0.2, 0) is 0 Å². The van der Waals surface area contributed by atoms with E-state index in [1.54, 1.807) is 0 Å². The van der Waals surface area contributed by atoms with Crippen LogP contribution in [0.4, 0.5) is 0 Å². The molecule has 0 radical (unpaired) electrons. The summed E-state index contributed by atoms with van der Waals surface area (Å²) >= 11 is 2.77. The molecule has 1 heterocycles. The van der Waals surface area contributed by atoms with E-state index < -0.39 is 0 Å². The van der Waals surface area contributed by atoms with Gasteiger partial charge in [-0.1, -0.05) is 0 Å². The molecule has 0 aliphatic heterocycles. The first-order valence-corrected chi connectivity index (χ1v) is 16.5. The molecule has 222 valence electrons. The summed E-state index contributed by atoms with van der Waals surface area (Å²) in [5, 5.41) is 2.48. The van der Waals surface area contributed by atoms with Crippen LogP contribution in [0, 0.1) is 0 Å². The van der Waals surface area contributed by atoms with E-state index in [0.717, 1.165) is 43.4 Å². The first-order valence-electron chi connectivity index (χ1n) is 15.6. The first-order chi connectivity index (χ1) is 23.2. The van der Waals surface area contributed by atoms with E-state index in [1.165, 1.54) is 21.9 Å². The Morgan fingerprint density at radius 2 is 0.787 bits per heavy atom. The Labute approximate surface area is 282 Å². The number of aromatic nitrogens is 3. The fourth-order valence-corrected chi connectivity index (χ4v) is 6.80. The van der Waals surface area contributed by atoms with Crippen LogP contribution in [0.25, 0.3) is 78.3 Å². The van der Waals surface area contributed by atoms with Gasteiger partial charge in [0.1, 0.15) is 0 Å². The molecule has 8 aromatic rings. The van der Waals surface area contributed by atoms with Gasteiger partial charge in [0.2, 0.25) is 0 Å². The van der Waals surface area contributed by atoms with Gasteiger partial charge in [0.05, 0.1) is 0 Å². The standard InChI is InChI=1S/C43H29N3Se/c47-40-38(36-20-9-19-34(27-36)35-25-24-30-14-7-8-17-32(30)26-35)22-11-23-39(40)43-45-41(31-15-5-2-6-16-31)44-42(46-43)37-21-10-18-33(28-37)29-12-3-1-4-13-29/h1-28,47H. The number of fused-ring (bicyclic) bond motifs is 1. The fraction of sp³-hybridized carbons (Fsp3) is 0. The summed E-state index contributed by atoms with van der Waals surface area (Å²) in [6, 6.07) is 59.2. The molecule has 1 aromatic heterocycles. The summed E-state index contributed by atoms with van der Waals surface area (Å²) in [7, 11) is 0. The van der Waals surface area contributed by atoms with Crippen molar-refractivity contribution in [3.8, 4) is 67.5 Å². The van der Waals surface area contributed by atoms with E-state index in [2.05, 4.69) is 149 Å². The van der Waals surface area contributed by atoms with Gasteiger partial charge in [-0.05, 0) is 0 Å². The van der Waals surface area contributed by atoms with Crippen LogP contribution < -0.4 is 4.46 Å². The van der Waals surface area contributed by atoms with E-state index in [1.807, 2.05) is 36.4 Å². The van der Waals surface area contributed by atoms with E-state index in [-0.39, 0.29) is 0 Å². The van der Waals surface area contributed by atoms with Gasteiger partial charge in [-0.25, -0.2) is 0 Å². The third-order valence-electron chi connectivity index (χ3n) is 8.43. The van der Waals surface area contributed by atoms with Gasteiger partial charge >= 0.3 is 284 Å². The van der Waals surface area contributed by atoms with Crippen molar-refractivity contribution in [3.63, 3.8) is 0 Å². The summed E-state index contributed by atoms with van der Waals surface area (Å²) in [6.45, 7) is 0. The predicted molar refractivity (Wildman–Crippen MR) is 197 cm³/mol. The normalized spacial score (nSPS) is 11.1. The number of nitrogens with zero attached hydrogens (tertiary/aromatic N) is 3. The quantitative estimate of drug-likeness (QED) is 0.166. The molecule has 47 heavy (non-hydrogen) atoms. The van der Waals surface area contributed by atoms with Gasteiger partial charge in [-0.2, -0.15) is 0 Å². The molecule has 0 saturated carbocycles. The third kappa shape index (κ3) is 5.89. The second-order valence-electron chi connectivity index (χ2n) is 11.5. The van der Waals surface area contributed by atoms with Crippen molar-refractivity contribution in [1.82, 2.24) is 15.0 Å². The Kier molecular flexibility index (Phi) is 7.72. The molecular formula is C43H29N3Se. The molecular weight excluding hydrogens is 637 g/mol. The topological polar surface area (TPSA) is 38.7 Å². The molecule has 0 amide bonds. The SMILES string of the molecule is [SeH]c1c(-c2cccc(-c3ccc4ccccc4c3)c2)cccc1-c1nc(-c2ccccc2)nc(-c2cccc(-c3ccccc3)c2)n1. The van der Waals surface area contributed by atoms with Gasteiger partial charge in [-0.15, -0.1) is 0 Å². The summed E-state index contributed by atoms with van der Waals surface area (Å²) in [4.78, 5) is 15.1. The molecule has 3 nitrogen and oxygen atoms in total. The van der Waals surface area contributed by atoms with Crippen molar-refractivity contribution in [2.75, 3.05) is 0 Å². The molecule has 0 atom stereocenters. The summed E-state index contributed by atoms with van der Waals surface area (Å²) < 4.78 is 1.06. The minimum absolute atomic E-state index is 0.641. The summed E-state index contributed by atoms with van der Waals surface area (Å²) in [6.07, 6.45) is 0. The molecule has 0 aliphatic rings.